The van der Waals surface area contributed by atoms with Gasteiger partial charge in [0.25, 0.3) is 0 Å². The Morgan fingerprint density at radius 2 is 1.32 bits per heavy atom. The first-order valence-corrected chi connectivity index (χ1v) is 11.6. The van der Waals surface area contributed by atoms with Crippen molar-refractivity contribution in [1.29, 1.82) is 0 Å². The predicted molar refractivity (Wildman–Crippen MR) is 126 cm³/mol. The number of anilines is 3. The number of nitrogens with zero attached hydrogens (tertiary/aromatic N) is 3. The fraction of sp³-hybridized carbons (Fsp3) is 0.0455. The third kappa shape index (κ3) is 4.18. The highest BCUT2D eigenvalue weighted by atomic mass is 32.2. The first-order valence-electron chi connectivity index (χ1n) is 9.29. The number of urea groups is 1. The first-order chi connectivity index (χ1) is 14.9. The molecule has 0 saturated carbocycles. The highest BCUT2D eigenvalue weighted by molar-refractivity contribution is 7.90. The monoisotopic (exact) mass is 450 g/mol. The van der Waals surface area contributed by atoms with Gasteiger partial charge in [0.1, 0.15) is 0 Å². The highest BCUT2D eigenvalue weighted by Crippen LogP contribution is 2.28. The van der Waals surface area contributed by atoms with Gasteiger partial charge in [0, 0.05) is 6.26 Å². The van der Waals surface area contributed by atoms with Gasteiger partial charge in [-0.25, -0.2) is 23.0 Å². The lowest BCUT2D eigenvalue weighted by Crippen LogP contribution is -2.33. The summed E-state index contributed by atoms with van der Waals surface area (Å²) in [5.41, 5.74) is 4.70. The van der Waals surface area contributed by atoms with Crippen molar-refractivity contribution in [2.75, 3.05) is 21.5 Å². The summed E-state index contributed by atoms with van der Waals surface area (Å²) in [7, 11) is -3.29. The highest BCUT2D eigenvalue weighted by Gasteiger charge is 2.41. The second-order valence-corrected chi connectivity index (χ2v) is 9.18. The Bertz CT molecular complexity index is 1260. The molecule has 3 aromatic carbocycles. The maximum Gasteiger partial charge on any atom is 0.340 e. The number of hydrogen-bond donors (Lipinski definition) is 1. The Morgan fingerprint density at radius 1 is 0.806 bits per heavy atom. The van der Waals surface area contributed by atoms with Crippen LogP contribution in [0.3, 0.4) is 0 Å². The second-order valence-electron chi connectivity index (χ2n) is 6.77. The molecule has 9 heteroatoms. The number of carbonyl (C=O) groups excluding carboxylic acids is 1. The SMILES string of the molecule is CS(=O)(=O)c1ccc(N/N=C2\C(=S)N(c3ccccc3)C(=O)N2c2ccccc2)cc1. The van der Waals surface area contributed by atoms with Crippen LogP contribution in [-0.2, 0) is 9.84 Å². The van der Waals surface area contributed by atoms with Crippen LogP contribution in [0.5, 0.6) is 0 Å². The molecule has 0 bridgehead atoms. The third-order valence-corrected chi connectivity index (χ3v) is 6.08. The van der Waals surface area contributed by atoms with Gasteiger partial charge in [-0.2, -0.15) is 5.10 Å². The molecule has 1 N–H and O–H groups in total. The summed E-state index contributed by atoms with van der Waals surface area (Å²) in [6, 6.07) is 24.1. The molecule has 0 atom stereocenters. The largest absolute Gasteiger partial charge is 0.340 e. The quantitative estimate of drug-likeness (QED) is 0.463. The Labute approximate surface area is 185 Å². The molecule has 7 nitrogen and oxygen atoms in total. The molecule has 3 aromatic rings. The second kappa shape index (κ2) is 8.29. The zero-order valence-corrected chi connectivity index (χ0v) is 18.1. The number of rotatable bonds is 5. The van der Waals surface area contributed by atoms with Gasteiger partial charge in [-0.15, -0.1) is 0 Å². The van der Waals surface area contributed by atoms with Crippen LogP contribution in [0.15, 0.2) is 94.9 Å². The molecule has 0 aliphatic carbocycles. The summed E-state index contributed by atoms with van der Waals surface area (Å²) in [5, 5.41) is 4.39. The fourth-order valence-corrected chi connectivity index (χ4v) is 4.03. The number of hydrogen-bond acceptors (Lipinski definition) is 6. The number of amidine groups is 1. The van der Waals surface area contributed by atoms with Crippen LogP contribution < -0.4 is 15.2 Å². The topological polar surface area (TPSA) is 82.1 Å². The van der Waals surface area contributed by atoms with Gasteiger partial charge in [0.15, 0.2) is 20.7 Å². The lowest BCUT2D eigenvalue weighted by molar-refractivity contribution is 0.257. The van der Waals surface area contributed by atoms with Gasteiger partial charge in [0.2, 0.25) is 0 Å². The molecule has 4 rings (SSSR count). The summed E-state index contributed by atoms with van der Waals surface area (Å²) in [5.74, 6) is 0.266. The van der Waals surface area contributed by atoms with Crippen LogP contribution >= 0.6 is 12.2 Å². The minimum absolute atomic E-state index is 0.207. The summed E-state index contributed by atoms with van der Waals surface area (Å²) in [6.45, 7) is 0. The normalized spacial score (nSPS) is 15.6. The molecule has 1 saturated heterocycles. The van der Waals surface area contributed by atoms with Crippen LogP contribution in [0.4, 0.5) is 21.9 Å². The van der Waals surface area contributed by atoms with E-state index in [-0.39, 0.29) is 21.8 Å². The van der Waals surface area contributed by atoms with E-state index in [0.717, 1.165) is 6.26 Å². The molecule has 31 heavy (non-hydrogen) atoms. The van der Waals surface area contributed by atoms with Crippen molar-refractivity contribution in [3.8, 4) is 0 Å². The number of hydrazone groups is 1. The van der Waals surface area contributed by atoms with Crippen molar-refractivity contribution in [1.82, 2.24) is 0 Å². The summed E-state index contributed by atoms with van der Waals surface area (Å²) >= 11 is 5.60. The van der Waals surface area contributed by atoms with Crippen molar-refractivity contribution in [3.63, 3.8) is 0 Å². The van der Waals surface area contributed by atoms with E-state index < -0.39 is 9.84 Å². The van der Waals surface area contributed by atoms with E-state index in [1.807, 2.05) is 36.4 Å². The molecule has 1 heterocycles. The predicted octanol–water partition coefficient (Wildman–Crippen LogP) is 4.29. The molecule has 0 unspecified atom stereocenters. The molecule has 1 fully saturated rings. The van der Waals surface area contributed by atoms with E-state index in [9.17, 15) is 13.2 Å². The van der Waals surface area contributed by atoms with Crippen molar-refractivity contribution in [2.24, 2.45) is 5.10 Å². The Hall–Kier alpha value is -3.56. The molecule has 156 valence electrons. The first kappa shape index (κ1) is 20.7. The standard InChI is InChI=1S/C22H18N4O3S2/c1-31(28,29)19-14-12-16(13-15-19)23-24-20-21(30)26(18-10-6-3-7-11-18)22(27)25(20)17-8-4-2-5-9-17/h2-15,23H,1H3/b24-20+. The van der Waals surface area contributed by atoms with E-state index in [1.165, 1.54) is 21.9 Å². The number of para-hydroxylation sites is 2. The van der Waals surface area contributed by atoms with Crippen LogP contribution in [-0.4, -0.2) is 31.5 Å². The minimum atomic E-state index is -3.29. The van der Waals surface area contributed by atoms with Gasteiger partial charge in [-0.1, -0.05) is 48.6 Å². The van der Waals surface area contributed by atoms with Gasteiger partial charge >= 0.3 is 6.03 Å². The summed E-state index contributed by atoms with van der Waals surface area (Å²) < 4.78 is 23.3. The smallest absolute Gasteiger partial charge is 0.276 e. The van der Waals surface area contributed by atoms with Gasteiger partial charge < -0.3 is 0 Å². The Kier molecular flexibility index (Phi) is 5.53. The van der Waals surface area contributed by atoms with Crippen LogP contribution in [0, 0.1) is 0 Å². The molecule has 2 amide bonds. The zero-order valence-electron chi connectivity index (χ0n) is 16.5. The van der Waals surface area contributed by atoms with E-state index in [0.29, 0.717) is 17.1 Å². The molecular weight excluding hydrogens is 432 g/mol. The number of carbonyl (C=O) groups is 1. The van der Waals surface area contributed by atoms with E-state index >= 15 is 0 Å². The van der Waals surface area contributed by atoms with E-state index in [1.54, 1.807) is 36.4 Å². The number of amides is 2. The minimum Gasteiger partial charge on any atom is -0.276 e. The van der Waals surface area contributed by atoms with Crippen molar-refractivity contribution in [3.05, 3.63) is 84.9 Å². The average molecular weight is 451 g/mol. The average Bonchev–Trinajstić information content (AvgIpc) is 3.02. The molecule has 0 aromatic heterocycles. The Balaban J connectivity index is 1.71. The zero-order chi connectivity index (χ0) is 22.0. The van der Waals surface area contributed by atoms with Crippen LogP contribution in [0.25, 0.3) is 0 Å². The molecule has 1 aliphatic rings. The summed E-state index contributed by atoms with van der Waals surface area (Å²) in [4.78, 5) is 16.6. The number of nitrogens with one attached hydrogen (secondary N) is 1. The maximum absolute atomic E-state index is 13.3. The Morgan fingerprint density at radius 3 is 1.84 bits per heavy atom. The van der Waals surface area contributed by atoms with Crippen LogP contribution in [0.2, 0.25) is 0 Å². The third-order valence-electron chi connectivity index (χ3n) is 4.59. The lowest BCUT2D eigenvalue weighted by Gasteiger charge is -2.17. The lowest BCUT2D eigenvalue weighted by atomic mass is 10.3. The molecule has 0 spiro atoms. The fourth-order valence-electron chi connectivity index (χ4n) is 3.08. The van der Waals surface area contributed by atoms with E-state index in [2.05, 4.69) is 10.5 Å². The summed E-state index contributed by atoms with van der Waals surface area (Å²) in [6.07, 6.45) is 1.15. The molecular formula is C22H18N4O3S2. The number of sulfone groups is 1. The maximum atomic E-state index is 13.3. The molecule has 0 radical (unpaired) electrons. The van der Waals surface area contributed by atoms with Crippen molar-refractivity contribution >= 4 is 56.0 Å². The van der Waals surface area contributed by atoms with Gasteiger partial charge in [-0.3, -0.25) is 5.43 Å². The molecule has 1 aliphatic heterocycles. The van der Waals surface area contributed by atoms with Crippen molar-refractivity contribution < 1.29 is 13.2 Å². The van der Waals surface area contributed by atoms with Crippen LogP contribution in [0.1, 0.15) is 0 Å². The number of benzene rings is 3. The number of thiocarbonyl (C=S) groups is 1. The van der Waals surface area contributed by atoms with Crippen molar-refractivity contribution in [2.45, 2.75) is 4.90 Å². The van der Waals surface area contributed by atoms with E-state index in [4.69, 9.17) is 12.2 Å². The van der Waals surface area contributed by atoms with Gasteiger partial charge in [0.05, 0.1) is 22.0 Å². The van der Waals surface area contributed by atoms with Gasteiger partial charge in [-0.05, 0) is 48.5 Å².